The number of aliphatic hydroxyl groups is 1. The predicted molar refractivity (Wildman–Crippen MR) is 66.2 cm³/mol. The normalized spacial score (nSPS) is 35.4. The minimum atomic E-state index is -0.431. The van der Waals surface area contributed by atoms with E-state index >= 15 is 0 Å². The Morgan fingerprint density at radius 3 is 2.69 bits per heavy atom. The molecule has 2 aliphatic rings. The van der Waals surface area contributed by atoms with E-state index in [0.29, 0.717) is 0 Å². The maximum atomic E-state index is 9.27. The van der Waals surface area contributed by atoms with Crippen LogP contribution < -0.4 is 5.73 Å². The second-order valence-corrected chi connectivity index (χ2v) is 6.04. The van der Waals surface area contributed by atoms with E-state index in [1.807, 2.05) is 6.92 Å². The Balaban J connectivity index is 1.97. The molecule has 0 aromatic rings. The summed E-state index contributed by atoms with van der Waals surface area (Å²) in [6.45, 7) is 4.07. The van der Waals surface area contributed by atoms with Gasteiger partial charge in [0.05, 0.1) is 6.61 Å². The van der Waals surface area contributed by atoms with Crippen molar-refractivity contribution in [2.75, 3.05) is 19.7 Å². The number of hydrogen-bond donors (Lipinski definition) is 2. The summed E-state index contributed by atoms with van der Waals surface area (Å²) in [5, 5.41) is 9.27. The monoisotopic (exact) mass is 226 g/mol. The van der Waals surface area contributed by atoms with Crippen LogP contribution in [0.3, 0.4) is 0 Å². The quantitative estimate of drug-likeness (QED) is 0.764. The summed E-state index contributed by atoms with van der Waals surface area (Å²) in [5.74, 6) is 0.900. The molecule has 3 N–H and O–H groups in total. The van der Waals surface area contributed by atoms with E-state index in [1.165, 1.54) is 45.1 Å². The smallest absolute Gasteiger partial charge is 0.0621 e. The standard InChI is InChI=1S/C13H26N2O/c1-13(14,10-16)9-15-8-4-6-11-5-2-3-7-12(11)15/h11-12,16H,2-10,14H2,1H3. The maximum absolute atomic E-state index is 9.27. The summed E-state index contributed by atoms with van der Waals surface area (Å²) in [4.78, 5) is 2.55. The first kappa shape index (κ1) is 12.3. The van der Waals surface area contributed by atoms with E-state index < -0.39 is 5.54 Å². The zero-order chi connectivity index (χ0) is 11.6. The minimum absolute atomic E-state index is 0.0842. The number of aliphatic hydroxyl groups excluding tert-OH is 1. The van der Waals surface area contributed by atoms with Crippen molar-refractivity contribution in [1.82, 2.24) is 4.90 Å². The number of rotatable bonds is 3. The van der Waals surface area contributed by atoms with Crippen molar-refractivity contribution in [3.05, 3.63) is 0 Å². The van der Waals surface area contributed by atoms with E-state index in [0.717, 1.165) is 18.5 Å². The van der Waals surface area contributed by atoms with Gasteiger partial charge >= 0.3 is 0 Å². The summed E-state index contributed by atoms with van der Waals surface area (Å²) < 4.78 is 0. The van der Waals surface area contributed by atoms with Crippen LogP contribution in [0.25, 0.3) is 0 Å². The van der Waals surface area contributed by atoms with Gasteiger partial charge < -0.3 is 10.8 Å². The van der Waals surface area contributed by atoms with Crippen molar-refractivity contribution in [1.29, 1.82) is 0 Å². The van der Waals surface area contributed by atoms with Gasteiger partial charge in [0, 0.05) is 18.1 Å². The molecular weight excluding hydrogens is 200 g/mol. The van der Waals surface area contributed by atoms with E-state index in [4.69, 9.17) is 5.73 Å². The SMILES string of the molecule is CC(N)(CO)CN1CCCC2CCCCC21. The molecule has 0 aromatic heterocycles. The average molecular weight is 226 g/mol. The molecule has 1 aliphatic heterocycles. The highest BCUT2D eigenvalue weighted by molar-refractivity contribution is 4.91. The van der Waals surface area contributed by atoms with Crippen LogP contribution in [0.4, 0.5) is 0 Å². The molecule has 0 bridgehead atoms. The summed E-state index contributed by atoms with van der Waals surface area (Å²) in [6, 6.07) is 0.747. The second kappa shape index (κ2) is 5.03. The molecule has 3 nitrogen and oxygen atoms in total. The number of nitrogens with zero attached hydrogens (tertiary/aromatic N) is 1. The van der Waals surface area contributed by atoms with Crippen LogP contribution in [0.15, 0.2) is 0 Å². The third-order valence-electron chi connectivity index (χ3n) is 4.28. The fourth-order valence-electron chi connectivity index (χ4n) is 3.44. The Labute approximate surface area is 99.0 Å². The van der Waals surface area contributed by atoms with E-state index in [-0.39, 0.29) is 6.61 Å². The molecule has 3 atom stereocenters. The first-order chi connectivity index (χ1) is 7.62. The highest BCUT2D eigenvalue weighted by Crippen LogP contribution is 2.35. The largest absolute Gasteiger partial charge is 0.394 e. The van der Waals surface area contributed by atoms with Crippen molar-refractivity contribution in [2.45, 2.75) is 57.0 Å². The van der Waals surface area contributed by atoms with Crippen molar-refractivity contribution in [3.63, 3.8) is 0 Å². The first-order valence-electron chi connectivity index (χ1n) is 6.76. The molecule has 2 rings (SSSR count). The molecular formula is C13H26N2O. The van der Waals surface area contributed by atoms with Gasteiger partial charge in [-0.1, -0.05) is 12.8 Å². The van der Waals surface area contributed by atoms with Crippen LogP contribution in [0.2, 0.25) is 0 Å². The third kappa shape index (κ3) is 2.76. The number of likely N-dealkylation sites (tertiary alicyclic amines) is 1. The molecule has 0 radical (unpaired) electrons. The molecule has 3 heteroatoms. The van der Waals surface area contributed by atoms with Gasteiger partial charge in [0.25, 0.3) is 0 Å². The molecule has 3 unspecified atom stereocenters. The highest BCUT2D eigenvalue weighted by atomic mass is 16.3. The molecule has 1 saturated heterocycles. The maximum Gasteiger partial charge on any atom is 0.0621 e. The molecule has 1 saturated carbocycles. The van der Waals surface area contributed by atoms with Crippen LogP contribution in [0.5, 0.6) is 0 Å². The molecule has 1 aliphatic carbocycles. The first-order valence-corrected chi connectivity index (χ1v) is 6.76. The van der Waals surface area contributed by atoms with E-state index in [9.17, 15) is 5.11 Å². The van der Waals surface area contributed by atoms with E-state index in [1.54, 1.807) is 0 Å². The van der Waals surface area contributed by atoms with Gasteiger partial charge in [0.2, 0.25) is 0 Å². The van der Waals surface area contributed by atoms with E-state index in [2.05, 4.69) is 4.90 Å². The number of nitrogens with two attached hydrogens (primary N) is 1. The Hall–Kier alpha value is -0.120. The zero-order valence-corrected chi connectivity index (χ0v) is 10.5. The number of piperidine rings is 1. The lowest BCUT2D eigenvalue weighted by molar-refractivity contribution is 0.0343. The Morgan fingerprint density at radius 1 is 1.25 bits per heavy atom. The molecule has 0 aromatic carbocycles. The van der Waals surface area contributed by atoms with Gasteiger partial charge in [-0.3, -0.25) is 4.90 Å². The van der Waals surface area contributed by atoms with Crippen LogP contribution in [-0.4, -0.2) is 41.3 Å². The van der Waals surface area contributed by atoms with Crippen LogP contribution in [0, 0.1) is 5.92 Å². The van der Waals surface area contributed by atoms with Gasteiger partial charge in [-0.2, -0.15) is 0 Å². The lowest BCUT2D eigenvalue weighted by Gasteiger charge is -2.46. The van der Waals surface area contributed by atoms with Crippen LogP contribution in [-0.2, 0) is 0 Å². The van der Waals surface area contributed by atoms with Crippen molar-refractivity contribution in [3.8, 4) is 0 Å². The van der Waals surface area contributed by atoms with Crippen LogP contribution in [0.1, 0.15) is 45.4 Å². The average Bonchev–Trinajstić information content (AvgIpc) is 2.29. The van der Waals surface area contributed by atoms with Crippen LogP contribution >= 0.6 is 0 Å². The van der Waals surface area contributed by atoms with Gasteiger partial charge in [-0.15, -0.1) is 0 Å². The second-order valence-electron chi connectivity index (χ2n) is 6.04. The summed E-state index contributed by atoms with van der Waals surface area (Å²) in [7, 11) is 0. The fraction of sp³-hybridized carbons (Fsp3) is 1.00. The van der Waals surface area contributed by atoms with Gasteiger partial charge in [-0.25, -0.2) is 0 Å². The van der Waals surface area contributed by atoms with Gasteiger partial charge in [0.1, 0.15) is 0 Å². The minimum Gasteiger partial charge on any atom is -0.394 e. The Kier molecular flexibility index (Phi) is 3.88. The molecule has 2 fully saturated rings. The van der Waals surface area contributed by atoms with Gasteiger partial charge in [0.15, 0.2) is 0 Å². The third-order valence-corrected chi connectivity index (χ3v) is 4.28. The molecule has 0 amide bonds. The zero-order valence-electron chi connectivity index (χ0n) is 10.5. The Morgan fingerprint density at radius 2 is 1.94 bits per heavy atom. The van der Waals surface area contributed by atoms with Crippen molar-refractivity contribution in [2.24, 2.45) is 11.7 Å². The predicted octanol–water partition coefficient (Wildman–Crippen LogP) is 1.35. The summed E-state index contributed by atoms with van der Waals surface area (Å²) >= 11 is 0. The number of hydrogen-bond acceptors (Lipinski definition) is 3. The lowest BCUT2D eigenvalue weighted by atomic mass is 9.78. The highest BCUT2D eigenvalue weighted by Gasteiger charge is 2.35. The lowest BCUT2D eigenvalue weighted by Crippen LogP contribution is -2.56. The molecule has 1 heterocycles. The fourth-order valence-corrected chi connectivity index (χ4v) is 3.44. The summed E-state index contributed by atoms with van der Waals surface area (Å²) in [6.07, 6.45) is 8.24. The Bertz CT molecular complexity index is 228. The topological polar surface area (TPSA) is 49.5 Å². The molecule has 0 spiro atoms. The molecule has 94 valence electrons. The van der Waals surface area contributed by atoms with Crippen molar-refractivity contribution < 1.29 is 5.11 Å². The molecule has 16 heavy (non-hydrogen) atoms. The number of fused-ring (bicyclic) bond motifs is 1. The van der Waals surface area contributed by atoms with Gasteiger partial charge in [-0.05, 0) is 45.1 Å². The summed E-state index contributed by atoms with van der Waals surface area (Å²) in [5.41, 5.74) is 5.65. The van der Waals surface area contributed by atoms with Crippen molar-refractivity contribution >= 4 is 0 Å².